The third-order valence-corrected chi connectivity index (χ3v) is 4.20. The van der Waals surface area contributed by atoms with Crippen LogP contribution in [0.2, 0.25) is 0 Å². The summed E-state index contributed by atoms with van der Waals surface area (Å²) in [5.74, 6) is 0.781. The highest BCUT2D eigenvalue weighted by atomic mass is 16.5. The number of carbonyl (C=O) groups excluding carboxylic acids is 1. The van der Waals surface area contributed by atoms with Crippen molar-refractivity contribution in [3.8, 4) is 5.75 Å². The number of ether oxygens (including phenoxy) is 1. The molecule has 1 aliphatic heterocycles. The topological polar surface area (TPSA) is 55.6 Å². The second-order valence-corrected chi connectivity index (χ2v) is 6.39. The molecule has 1 aliphatic rings. The van der Waals surface area contributed by atoms with Gasteiger partial charge in [-0.15, -0.1) is 0 Å². The molecule has 1 heterocycles. The van der Waals surface area contributed by atoms with Gasteiger partial charge in [-0.3, -0.25) is 4.79 Å². The maximum Gasteiger partial charge on any atom is 0.246 e. The van der Waals surface area contributed by atoms with Crippen LogP contribution in [0, 0.1) is 0 Å². The van der Waals surface area contributed by atoms with E-state index in [0.717, 1.165) is 31.4 Å². The Kier molecular flexibility index (Phi) is 6.08. The Hall–Kier alpha value is -1.97. The first-order valence-corrected chi connectivity index (χ1v) is 8.56. The van der Waals surface area contributed by atoms with Crippen LogP contribution in [0.25, 0.3) is 6.08 Å². The fourth-order valence-corrected chi connectivity index (χ4v) is 3.01. The molecule has 1 unspecified atom stereocenters. The number of rotatable bonds is 5. The summed E-state index contributed by atoms with van der Waals surface area (Å²) < 4.78 is 5.63. The van der Waals surface area contributed by atoms with Crippen molar-refractivity contribution in [1.82, 2.24) is 4.90 Å². The lowest BCUT2D eigenvalue weighted by Gasteiger charge is -2.34. The van der Waals surface area contributed by atoms with Gasteiger partial charge in [-0.25, -0.2) is 0 Å². The summed E-state index contributed by atoms with van der Waals surface area (Å²) in [6.07, 6.45) is 8.04. The molecule has 2 rings (SSSR count). The Morgan fingerprint density at radius 3 is 2.87 bits per heavy atom. The number of hydrogen-bond donors (Lipinski definition) is 1. The largest absolute Gasteiger partial charge is 0.489 e. The third kappa shape index (κ3) is 4.75. The van der Waals surface area contributed by atoms with Crippen LogP contribution in [-0.2, 0) is 4.79 Å². The molecule has 0 aliphatic carbocycles. The quantitative estimate of drug-likeness (QED) is 0.663. The molecule has 4 nitrogen and oxygen atoms in total. The van der Waals surface area contributed by atoms with Crippen LogP contribution in [0.1, 0.15) is 52.0 Å². The van der Waals surface area contributed by atoms with E-state index >= 15 is 0 Å². The van der Waals surface area contributed by atoms with Crippen LogP contribution in [0.5, 0.6) is 5.75 Å². The standard InChI is InChI=1S/C19H28N2O2/c1-4-16-7-5-6-12-21(16)19(22)11-9-15-8-10-18(17(20)13-15)23-14(2)3/h8-11,13-14,16H,4-7,12,20H2,1-3H3/b11-9-. The van der Waals surface area contributed by atoms with E-state index in [1.54, 1.807) is 6.08 Å². The highest BCUT2D eigenvalue weighted by molar-refractivity contribution is 5.92. The molecule has 0 radical (unpaired) electrons. The van der Waals surface area contributed by atoms with Crippen LogP contribution < -0.4 is 10.5 Å². The monoisotopic (exact) mass is 316 g/mol. The van der Waals surface area contributed by atoms with Gasteiger partial charge in [0.05, 0.1) is 11.8 Å². The lowest BCUT2D eigenvalue weighted by molar-refractivity contribution is -0.129. The fraction of sp³-hybridized carbons (Fsp3) is 0.526. The lowest BCUT2D eigenvalue weighted by Crippen LogP contribution is -2.42. The predicted molar refractivity (Wildman–Crippen MR) is 95.3 cm³/mol. The summed E-state index contributed by atoms with van der Waals surface area (Å²) in [6.45, 7) is 6.95. The number of likely N-dealkylation sites (tertiary alicyclic amines) is 1. The van der Waals surface area contributed by atoms with E-state index in [2.05, 4.69) is 6.92 Å². The van der Waals surface area contributed by atoms with Gasteiger partial charge in [0.15, 0.2) is 0 Å². The van der Waals surface area contributed by atoms with Gasteiger partial charge in [0, 0.05) is 18.7 Å². The lowest BCUT2D eigenvalue weighted by atomic mass is 10.00. The second-order valence-electron chi connectivity index (χ2n) is 6.39. The zero-order valence-electron chi connectivity index (χ0n) is 14.4. The summed E-state index contributed by atoms with van der Waals surface area (Å²) in [5.41, 5.74) is 7.52. The minimum Gasteiger partial charge on any atom is -0.489 e. The van der Waals surface area contributed by atoms with Gasteiger partial charge in [-0.1, -0.05) is 13.0 Å². The van der Waals surface area contributed by atoms with Crippen LogP contribution in [0.15, 0.2) is 24.3 Å². The van der Waals surface area contributed by atoms with Gasteiger partial charge in [-0.2, -0.15) is 0 Å². The Labute approximate surface area is 139 Å². The number of carbonyl (C=O) groups is 1. The molecular formula is C19H28N2O2. The van der Waals surface area contributed by atoms with Gasteiger partial charge >= 0.3 is 0 Å². The molecular weight excluding hydrogens is 288 g/mol. The molecule has 1 saturated heterocycles. The van der Waals surface area contributed by atoms with Gasteiger partial charge < -0.3 is 15.4 Å². The number of anilines is 1. The number of piperidine rings is 1. The average Bonchev–Trinajstić information content (AvgIpc) is 2.54. The highest BCUT2D eigenvalue weighted by Crippen LogP contribution is 2.24. The molecule has 1 fully saturated rings. The third-order valence-electron chi connectivity index (χ3n) is 4.20. The zero-order chi connectivity index (χ0) is 16.8. The van der Waals surface area contributed by atoms with E-state index in [4.69, 9.17) is 10.5 Å². The first-order chi connectivity index (χ1) is 11.0. The van der Waals surface area contributed by atoms with Gasteiger partial charge in [-0.05, 0) is 63.3 Å². The van der Waals surface area contributed by atoms with Crippen LogP contribution in [-0.4, -0.2) is 29.5 Å². The summed E-state index contributed by atoms with van der Waals surface area (Å²) in [5, 5.41) is 0. The van der Waals surface area contributed by atoms with Crippen molar-refractivity contribution in [3.05, 3.63) is 29.8 Å². The molecule has 126 valence electrons. The van der Waals surface area contributed by atoms with Gasteiger partial charge in [0.2, 0.25) is 5.91 Å². The van der Waals surface area contributed by atoms with Crippen molar-refractivity contribution in [2.45, 2.75) is 58.6 Å². The Morgan fingerprint density at radius 2 is 2.22 bits per heavy atom. The minimum absolute atomic E-state index is 0.0883. The van der Waals surface area contributed by atoms with Crippen LogP contribution >= 0.6 is 0 Å². The maximum atomic E-state index is 12.4. The van der Waals surface area contributed by atoms with E-state index in [1.807, 2.05) is 43.0 Å². The molecule has 0 bridgehead atoms. The zero-order valence-corrected chi connectivity index (χ0v) is 14.4. The van der Waals surface area contributed by atoms with Crippen LogP contribution in [0.4, 0.5) is 5.69 Å². The van der Waals surface area contributed by atoms with Crippen molar-refractivity contribution >= 4 is 17.7 Å². The summed E-state index contributed by atoms with van der Waals surface area (Å²) in [7, 11) is 0. The number of benzene rings is 1. The number of amides is 1. The number of nitrogen functional groups attached to an aromatic ring is 1. The van der Waals surface area contributed by atoms with E-state index < -0.39 is 0 Å². The van der Waals surface area contributed by atoms with E-state index in [0.29, 0.717) is 17.5 Å². The first-order valence-electron chi connectivity index (χ1n) is 8.56. The van der Waals surface area contributed by atoms with Gasteiger partial charge in [0.25, 0.3) is 0 Å². The highest BCUT2D eigenvalue weighted by Gasteiger charge is 2.23. The Bertz CT molecular complexity index is 566. The molecule has 1 aromatic rings. The summed E-state index contributed by atoms with van der Waals surface area (Å²) >= 11 is 0. The normalized spacial score (nSPS) is 18.6. The molecule has 23 heavy (non-hydrogen) atoms. The first kappa shape index (κ1) is 17.4. The van der Waals surface area contributed by atoms with Crippen molar-refractivity contribution < 1.29 is 9.53 Å². The molecule has 0 saturated carbocycles. The molecule has 2 N–H and O–H groups in total. The Morgan fingerprint density at radius 1 is 1.43 bits per heavy atom. The van der Waals surface area contributed by atoms with Crippen molar-refractivity contribution in [3.63, 3.8) is 0 Å². The molecule has 1 amide bonds. The van der Waals surface area contributed by atoms with E-state index in [-0.39, 0.29) is 12.0 Å². The number of hydrogen-bond acceptors (Lipinski definition) is 3. The number of nitrogens with zero attached hydrogens (tertiary/aromatic N) is 1. The Balaban J connectivity index is 2.04. The molecule has 4 heteroatoms. The van der Waals surface area contributed by atoms with Gasteiger partial charge in [0.1, 0.15) is 5.75 Å². The molecule has 1 atom stereocenters. The second kappa shape index (κ2) is 8.04. The van der Waals surface area contributed by atoms with Crippen molar-refractivity contribution in [2.75, 3.05) is 12.3 Å². The van der Waals surface area contributed by atoms with E-state index in [1.165, 1.54) is 6.42 Å². The van der Waals surface area contributed by atoms with Crippen LogP contribution in [0.3, 0.4) is 0 Å². The minimum atomic E-state index is 0.0883. The fourth-order valence-electron chi connectivity index (χ4n) is 3.01. The predicted octanol–water partition coefficient (Wildman–Crippen LogP) is 3.86. The number of nitrogens with two attached hydrogens (primary N) is 1. The average molecular weight is 316 g/mol. The van der Waals surface area contributed by atoms with Crippen molar-refractivity contribution in [1.29, 1.82) is 0 Å². The maximum absolute atomic E-state index is 12.4. The molecule has 0 aromatic heterocycles. The SMILES string of the molecule is CCC1CCCCN1C(=O)/C=C\c1ccc(OC(C)C)c(N)c1. The smallest absolute Gasteiger partial charge is 0.246 e. The van der Waals surface area contributed by atoms with E-state index in [9.17, 15) is 4.79 Å². The molecule has 0 spiro atoms. The summed E-state index contributed by atoms with van der Waals surface area (Å²) in [4.78, 5) is 14.4. The summed E-state index contributed by atoms with van der Waals surface area (Å²) in [6, 6.07) is 6.00. The van der Waals surface area contributed by atoms with Crippen molar-refractivity contribution in [2.24, 2.45) is 0 Å². The molecule has 1 aromatic carbocycles.